The Balaban J connectivity index is 2.15. The maximum Gasteiger partial charge on any atom is 0.331 e. The van der Waals surface area contributed by atoms with Gasteiger partial charge < -0.3 is 4.74 Å². The van der Waals surface area contributed by atoms with Gasteiger partial charge in [-0.1, -0.05) is 31.6 Å². The summed E-state index contributed by atoms with van der Waals surface area (Å²) in [5, 5.41) is 0. The van der Waals surface area contributed by atoms with Crippen LogP contribution in [0.2, 0.25) is 0 Å². The number of aromatic nitrogens is 2. The number of allylic oxidation sites excluding steroid dienone is 2. The van der Waals surface area contributed by atoms with Crippen LogP contribution in [0.5, 0.6) is 11.6 Å². The molecule has 3 rings (SSSR count). The molecule has 0 aliphatic heterocycles. The van der Waals surface area contributed by atoms with Crippen LogP contribution >= 0.6 is 0 Å². The lowest BCUT2D eigenvalue weighted by atomic mass is 10.1. The van der Waals surface area contributed by atoms with Crippen molar-refractivity contribution in [2.75, 3.05) is 0 Å². The fourth-order valence-corrected chi connectivity index (χ4v) is 3.52. The van der Waals surface area contributed by atoms with Gasteiger partial charge in [0.15, 0.2) is 0 Å². The minimum atomic E-state index is -0.424. The van der Waals surface area contributed by atoms with E-state index in [1.165, 1.54) is 5.57 Å². The molecule has 0 bridgehead atoms. The summed E-state index contributed by atoms with van der Waals surface area (Å²) < 4.78 is 7.71. The van der Waals surface area contributed by atoms with Gasteiger partial charge in [0.25, 0.3) is 5.56 Å². The van der Waals surface area contributed by atoms with E-state index in [4.69, 9.17) is 4.74 Å². The summed E-state index contributed by atoms with van der Waals surface area (Å²) in [6.07, 6.45) is 5.30. The van der Waals surface area contributed by atoms with Gasteiger partial charge >= 0.3 is 5.69 Å². The maximum absolute atomic E-state index is 12.5. The monoisotopic (exact) mass is 354 g/mol. The molecule has 26 heavy (non-hydrogen) atoms. The Morgan fingerprint density at radius 2 is 1.85 bits per heavy atom. The van der Waals surface area contributed by atoms with E-state index in [0.717, 1.165) is 30.4 Å². The number of aromatic amines is 1. The zero-order valence-electron chi connectivity index (χ0n) is 15.9. The summed E-state index contributed by atoms with van der Waals surface area (Å²) in [6.45, 7) is 8.31. The Hall–Kier alpha value is -2.56. The lowest BCUT2D eigenvalue weighted by Crippen LogP contribution is -2.34. The van der Waals surface area contributed by atoms with Gasteiger partial charge in [-0.05, 0) is 62.3 Å². The molecule has 0 radical (unpaired) electrons. The first kappa shape index (κ1) is 18.2. The molecule has 1 aromatic carbocycles. The Kier molecular flexibility index (Phi) is 5.16. The van der Waals surface area contributed by atoms with Crippen LogP contribution in [-0.2, 0) is 6.54 Å². The van der Waals surface area contributed by atoms with E-state index in [2.05, 4.69) is 17.1 Å². The predicted octanol–water partition coefficient (Wildman–Crippen LogP) is 4.18. The average molecular weight is 354 g/mol. The standard InChI is InChI=1S/C21H26N2O3/c1-13(2)18-19(24)22-21(25)23(12-16-7-5-6-8-16)20(18)26-17-10-14(3)9-15(4)11-17/h7,9-11,13H,5-6,8,12H2,1-4H3,(H,22,24,25). The number of rotatable bonds is 5. The molecule has 0 saturated carbocycles. The normalized spacial score (nSPS) is 14.0. The van der Waals surface area contributed by atoms with E-state index in [9.17, 15) is 9.59 Å². The van der Waals surface area contributed by atoms with Gasteiger partial charge in [0.05, 0.1) is 12.1 Å². The van der Waals surface area contributed by atoms with Crippen LogP contribution in [0.15, 0.2) is 39.4 Å². The molecule has 5 heteroatoms. The van der Waals surface area contributed by atoms with Gasteiger partial charge in [-0.15, -0.1) is 0 Å². The van der Waals surface area contributed by atoms with Crippen LogP contribution in [0.1, 0.15) is 55.7 Å². The average Bonchev–Trinajstić information content (AvgIpc) is 3.02. The van der Waals surface area contributed by atoms with Gasteiger partial charge in [-0.2, -0.15) is 0 Å². The molecule has 5 nitrogen and oxygen atoms in total. The quantitative estimate of drug-likeness (QED) is 0.819. The van der Waals surface area contributed by atoms with Gasteiger partial charge in [0.2, 0.25) is 5.88 Å². The van der Waals surface area contributed by atoms with Crippen molar-refractivity contribution in [3.63, 3.8) is 0 Å². The highest BCUT2D eigenvalue weighted by Gasteiger charge is 2.21. The first-order chi connectivity index (χ1) is 12.3. The molecule has 0 atom stereocenters. The number of ether oxygens (including phenoxy) is 1. The largest absolute Gasteiger partial charge is 0.440 e. The summed E-state index contributed by atoms with van der Waals surface area (Å²) in [4.78, 5) is 27.5. The second kappa shape index (κ2) is 7.36. The molecule has 0 amide bonds. The van der Waals surface area contributed by atoms with Crippen LogP contribution < -0.4 is 16.0 Å². The van der Waals surface area contributed by atoms with Gasteiger partial charge in [-0.25, -0.2) is 4.79 Å². The molecule has 0 unspecified atom stereocenters. The number of nitrogens with one attached hydrogen (secondary N) is 1. The summed E-state index contributed by atoms with van der Waals surface area (Å²) in [7, 11) is 0. The molecule has 0 fully saturated rings. The van der Waals surface area contributed by atoms with Crippen LogP contribution in [0, 0.1) is 13.8 Å². The van der Waals surface area contributed by atoms with Crippen molar-refractivity contribution >= 4 is 0 Å². The van der Waals surface area contributed by atoms with E-state index >= 15 is 0 Å². The molecule has 1 aromatic heterocycles. The lowest BCUT2D eigenvalue weighted by molar-refractivity contribution is 0.408. The number of H-pyrrole nitrogens is 1. The Labute approximate surface area is 153 Å². The first-order valence-electron chi connectivity index (χ1n) is 9.16. The SMILES string of the molecule is Cc1cc(C)cc(Oc2c(C(C)C)c(=O)[nH]c(=O)n2CC2=CCCC2)c1. The highest BCUT2D eigenvalue weighted by molar-refractivity contribution is 5.38. The van der Waals surface area contributed by atoms with Gasteiger partial charge in [0.1, 0.15) is 5.75 Å². The minimum absolute atomic E-state index is 0.0657. The predicted molar refractivity (Wildman–Crippen MR) is 103 cm³/mol. The molecule has 0 spiro atoms. The third kappa shape index (κ3) is 3.82. The van der Waals surface area contributed by atoms with Crippen molar-refractivity contribution in [3.05, 3.63) is 67.4 Å². The van der Waals surface area contributed by atoms with Crippen LogP contribution in [0.3, 0.4) is 0 Å². The fraction of sp³-hybridized carbons (Fsp3) is 0.429. The topological polar surface area (TPSA) is 64.1 Å². The van der Waals surface area contributed by atoms with Crippen molar-refractivity contribution < 1.29 is 4.74 Å². The number of hydrogen-bond donors (Lipinski definition) is 1. The molecular formula is C21H26N2O3. The number of hydrogen-bond acceptors (Lipinski definition) is 3. The van der Waals surface area contributed by atoms with Crippen molar-refractivity contribution in [1.29, 1.82) is 0 Å². The maximum atomic E-state index is 12.5. The van der Waals surface area contributed by atoms with Crippen molar-refractivity contribution in [2.45, 2.75) is 59.4 Å². The molecule has 1 aliphatic carbocycles. The highest BCUT2D eigenvalue weighted by Crippen LogP contribution is 2.30. The second-order valence-electron chi connectivity index (χ2n) is 7.40. The smallest absolute Gasteiger partial charge is 0.331 e. The van der Waals surface area contributed by atoms with Crippen LogP contribution in [0.4, 0.5) is 0 Å². The number of benzene rings is 1. The van der Waals surface area contributed by atoms with Crippen molar-refractivity contribution in [3.8, 4) is 11.6 Å². The summed E-state index contributed by atoms with van der Waals surface area (Å²) in [5.74, 6) is 0.930. The van der Waals surface area contributed by atoms with Crippen LogP contribution in [0.25, 0.3) is 0 Å². The minimum Gasteiger partial charge on any atom is -0.440 e. The molecule has 1 N–H and O–H groups in total. The Morgan fingerprint density at radius 3 is 2.42 bits per heavy atom. The van der Waals surface area contributed by atoms with Gasteiger partial charge in [0, 0.05) is 0 Å². The first-order valence-corrected chi connectivity index (χ1v) is 9.16. The molecule has 0 saturated heterocycles. The van der Waals surface area contributed by atoms with Crippen LogP contribution in [-0.4, -0.2) is 9.55 Å². The van der Waals surface area contributed by atoms with Gasteiger partial charge in [-0.3, -0.25) is 14.3 Å². The molecule has 1 heterocycles. The summed E-state index contributed by atoms with van der Waals surface area (Å²) in [6, 6.07) is 5.90. The van der Waals surface area contributed by atoms with E-state index < -0.39 is 5.69 Å². The third-order valence-corrected chi connectivity index (χ3v) is 4.67. The fourth-order valence-electron chi connectivity index (χ4n) is 3.52. The van der Waals surface area contributed by atoms with E-state index in [1.807, 2.05) is 39.8 Å². The second-order valence-corrected chi connectivity index (χ2v) is 7.40. The zero-order chi connectivity index (χ0) is 18.8. The molecule has 2 aromatic rings. The highest BCUT2D eigenvalue weighted by atomic mass is 16.5. The zero-order valence-corrected chi connectivity index (χ0v) is 15.9. The Bertz CT molecular complexity index is 944. The number of nitrogens with zero attached hydrogens (tertiary/aromatic N) is 1. The third-order valence-electron chi connectivity index (χ3n) is 4.67. The molecule has 138 valence electrons. The van der Waals surface area contributed by atoms with Crippen molar-refractivity contribution in [1.82, 2.24) is 9.55 Å². The lowest BCUT2D eigenvalue weighted by Gasteiger charge is -2.19. The van der Waals surface area contributed by atoms with E-state index in [1.54, 1.807) is 4.57 Å². The molecule has 1 aliphatic rings. The summed E-state index contributed by atoms with van der Waals surface area (Å²) in [5.41, 5.74) is 3.06. The number of aryl methyl sites for hydroxylation is 2. The van der Waals surface area contributed by atoms with E-state index in [0.29, 0.717) is 23.7 Å². The van der Waals surface area contributed by atoms with E-state index in [-0.39, 0.29) is 11.5 Å². The summed E-state index contributed by atoms with van der Waals surface area (Å²) >= 11 is 0. The molecular weight excluding hydrogens is 328 g/mol. The van der Waals surface area contributed by atoms with Crippen molar-refractivity contribution in [2.24, 2.45) is 0 Å². The Morgan fingerprint density at radius 1 is 1.15 bits per heavy atom.